The summed E-state index contributed by atoms with van der Waals surface area (Å²) in [5, 5.41) is 3.26. The monoisotopic (exact) mass is 229 g/mol. The van der Waals surface area contributed by atoms with Crippen molar-refractivity contribution in [2.45, 2.75) is 19.4 Å². The Labute approximate surface area is 96.6 Å². The first-order valence-electron chi connectivity index (χ1n) is 5.47. The molecule has 0 saturated carbocycles. The highest BCUT2D eigenvalue weighted by Gasteiger charge is 2.37. The molecule has 16 heavy (non-hydrogen) atoms. The Morgan fingerprint density at radius 3 is 2.88 bits per heavy atom. The van der Waals surface area contributed by atoms with E-state index in [2.05, 4.69) is 11.9 Å². The number of esters is 1. The molecule has 1 rings (SSSR count). The number of nitrogens with zero attached hydrogens (tertiary/aromatic N) is 1. The number of quaternary nitrogens is 1. The standard InChI is InChI=1S/C11H21N2O3/c1-5-11(14)16-9(2)13(3,4)10-8-12-6-7-15-10/h5,9-10,12H,1,6-8H2,2-4H3/q+1. The van der Waals surface area contributed by atoms with Gasteiger partial charge in [0.1, 0.15) is 0 Å². The predicted molar refractivity (Wildman–Crippen MR) is 60.5 cm³/mol. The highest BCUT2D eigenvalue weighted by Crippen LogP contribution is 2.16. The summed E-state index contributed by atoms with van der Waals surface area (Å²) in [7, 11) is 3.97. The minimum absolute atomic E-state index is 0.00126. The van der Waals surface area contributed by atoms with Gasteiger partial charge >= 0.3 is 5.97 Å². The van der Waals surface area contributed by atoms with E-state index in [0.717, 1.165) is 13.1 Å². The molecule has 1 heterocycles. The zero-order chi connectivity index (χ0) is 12.2. The maximum atomic E-state index is 11.1. The topological polar surface area (TPSA) is 47.6 Å². The highest BCUT2D eigenvalue weighted by molar-refractivity contribution is 5.81. The van der Waals surface area contributed by atoms with E-state index in [1.807, 2.05) is 21.0 Å². The molecule has 92 valence electrons. The van der Waals surface area contributed by atoms with E-state index in [0.29, 0.717) is 11.1 Å². The van der Waals surface area contributed by atoms with Crippen LogP contribution in [0.1, 0.15) is 6.92 Å². The van der Waals surface area contributed by atoms with E-state index in [1.54, 1.807) is 0 Å². The third-order valence-corrected chi connectivity index (χ3v) is 3.04. The van der Waals surface area contributed by atoms with Crippen molar-refractivity contribution in [1.82, 2.24) is 5.32 Å². The van der Waals surface area contributed by atoms with Crippen LogP contribution in [0.5, 0.6) is 0 Å². The van der Waals surface area contributed by atoms with Crippen LogP contribution >= 0.6 is 0 Å². The average molecular weight is 229 g/mol. The van der Waals surface area contributed by atoms with E-state index in [9.17, 15) is 4.79 Å². The third-order valence-electron chi connectivity index (χ3n) is 3.04. The van der Waals surface area contributed by atoms with E-state index in [1.165, 1.54) is 6.08 Å². The summed E-state index contributed by atoms with van der Waals surface area (Å²) in [6, 6.07) is 0. The van der Waals surface area contributed by atoms with Crippen LogP contribution in [-0.2, 0) is 14.3 Å². The Balaban J connectivity index is 2.59. The zero-order valence-electron chi connectivity index (χ0n) is 10.2. The van der Waals surface area contributed by atoms with Crippen molar-refractivity contribution in [2.75, 3.05) is 33.8 Å². The molecule has 0 amide bonds. The fourth-order valence-corrected chi connectivity index (χ4v) is 1.57. The van der Waals surface area contributed by atoms with Gasteiger partial charge in [-0.1, -0.05) is 6.58 Å². The Morgan fingerprint density at radius 1 is 1.69 bits per heavy atom. The fraction of sp³-hybridized carbons (Fsp3) is 0.727. The van der Waals surface area contributed by atoms with Crippen molar-refractivity contribution in [3.05, 3.63) is 12.7 Å². The molecular formula is C11H21N2O3+. The van der Waals surface area contributed by atoms with Gasteiger partial charge in [-0.3, -0.25) is 4.48 Å². The summed E-state index contributed by atoms with van der Waals surface area (Å²) in [5.74, 6) is -0.400. The number of carbonyl (C=O) groups is 1. The van der Waals surface area contributed by atoms with Gasteiger partial charge in [0.05, 0.1) is 27.2 Å². The summed E-state index contributed by atoms with van der Waals surface area (Å²) >= 11 is 0. The molecule has 0 aromatic carbocycles. The van der Waals surface area contributed by atoms with Gasteiger partial charge in [0.25, 0.3) is 0 Å². The van der Waals surface area contributed by atoms with Gasteiger partial charge < -0.3 is 14.8 Å². The number of hydrogen-bond acceptors (Lipinski definition) is 4. The molecule has 1 fully saturated rings. The molecule has 0 aromatic rings. The minimum Gasteiger partial charge on any atom is -0.409 e. The molecule has 1 saturated heterocycles. The Bertz CT molecular complexity index is 260. The smallest absolute Gasteiger partial charge is 0.334 e. The molecule has 2 unspecified atom stereocenters. The Kier molecular flexibility index (Phi) is 4.46. The van der Waals surface area contributed by atoms with Gasteiger partial charge in [0.15, 0.2) is 0 Å². The second kappa shape index (κ2) is 5.43. The number of carbonyl (C=O) groups excluding carboxylic acids is 1. The molecule has 0 radical (unpaired) electrons. The van der Waals surface area contributed by atoms with Crippen LogP contribution in [0.3, 0.4) is 0 Å². The first-order chi connectivity index (χ1) is 7.48. The molecule has 1 aliphatic heterocycles. The maximum absolute atomic E-state index is 11.1. The normalized spacial score (nSPS) is 23.6. The predicted octanol–water partition coefficient (Wildman–Crippen LogP) is 0.0839. The number of ether oxygens (including phenoxy) is 2. The van der Waals surface area contributed by atoms with Crippen molar-refractivity contribution in [2.24, 2.45) is 0 Å². The van der Waals surface area contributed by atoms with Crippen LogP contribution in [0.15, 0.2) is 12.7 Å². The van der Waals surface area contributed by atoms with Crippen LogP contribution < -0.4 is 5.32 Å². The van der Waals surface area contributed by atoms with Gasteiger partial charge in [0.2, 0.25) is 12.5 Å². The zero-order valence-corrected chi connectivity index (χ0v) is 10.2. The van der Waals surface area contributed by atoms with Crippen molar-refractivity contribution in [3.63, 3.8) is 0 Å². The maximum Gasteiger partial charge on any atom is 0.334 e. The van der Waals surface area contributed by atoms with Crippen LogP contribution in [0, 0.1) is 0 Å². The van der Waals surface area contributed by atoms with E-state index >= 15 is 0 Å². The van der Waals surface area contributed by atoms with E-state index in [4.69, 9.17) is 9.47 Å². The Morgan fingerprint density at radius 2 is 2.38 bits per heavy atom. The van der Waals surface area contributed by atoms with Gasteiger partial charge in [0, 0.05) is 19.5 Å². The Hall–Kier alpha value is -0.910. The number of rotatable bonds is 4. The molecule has 1 N–H and O–H groups in total. The fourth-order valence-electron chi connectivity index (χ4n) is 1.57. The van der Waals surface area contributed by atoms with Gasteiger partial charge in [-0.15, -0.1) is 0 Å². The quantitative estimate of drug-likeness (QED) is 0.321. The minimum atomic E-state index is -0.400. The van der Waals surface area contributed by atoms with E-state index < -0.39 is 5.97 Å². The summed E-state index contributed by atoms with van der Waals surface area (Å²) < 4.78 is 11.4. The molecule has 0 aromatic heterocycles. The van der Waals surface area contributed by atoms with Gasteiger partial charge in [-0.25, -0.2) is 4.79 Å². The highest BCUT2D eigenvalue weighted by atomic mass is 16.6. The number of nitrogens with one attached hydrogen (secondary N) is 1. The SMILES string of the molecule is C=CC(=O)OC(C)[N+](C)(C)C1CNCCO1. The molecule has 0 spiro atoms. The second-order valence-corrected chi connectivity index (χ2v) is 4.40. The lowest BCUT2D eigenvalue weighted by Crippen LogP contribution is -2.62. The van der Waals surface area contributed by atoms with Crippen LogP contribution in [0.25, 0.3) is 0 Å². The number of morpholine rings is 1. The molecular weight excluding hydrogens is 208 g/mol. The van der Waals surface area contributed by atoms with Crippen molar-refractivity contribution < 1.29 is 18.8 Å². The molecule has 1 aliphatic rings. The van der Waals surface area contributed by atoms with Gasteiger partial charge in [-0.05, 0) is 0 Å². The van der Waals surface area contributed by atoms with Crippen molar-refractivity contribution in [3.8, 4) is 0 Å². The van der Waals surface area contributed by atoms with Crippen LogP contribution in [0.2, 0.25) is 0 Å². The largest absolute Gasteiger partial charge is 0.409 e. The molecule has 2 atom stereocenters. The molecule has 5 nitrogen and oxygen atoms in total. The van der Waals surface area contributed by atoms with Crippen LogP contribution in [-0.4, -0.2) is 56.7 Å². The number of hydrogen-bond donors (Lipinski definition) is 1. The summed E-state index contributed by atoms with van der Waals surface area (Å²) in [6.07, 6.45) is 0.910. The van der Waals surface area contributed by atoms with Crippen LogP contribution in [0.4, 0.5) is 0 Å². The second-order valence-electron chi connectivity index (χ2n) is 4.40. The number of likely N-dealkylation sites (N-methyl/N-ethyl adjacent to an activating group) is 1. The summed E-state index contributed by atoms with van der Waals surface area (Å²) in [4.78, 5) is 11.1. The first-order valence-corrected chi connectivity index (χ1v) is 5.47. The lowest BCUT2D eigenvalue weighted by molar-refractivity contribution is -0.974. The lowest BCUT2D eigenvalue weighted by atomic mass is 10.3. The molecule has 0 aliphatic carbocycles. The third kappa shape index (κ3) is 3.04. The average Bonchev–Trinajstić information content (AvgIpc) is 2.29. The van der Waals surface area contributed by atoms with Crippen molar-refractivity contribution in [1.29, 1.82) is 0 Å². The first kappa shape index (κ1) is 13.2. The van der Waals surface area contributed by atoms with Crippen molar-refractivity contribution >= 4 is 5.97 Å². The van der Waals surface area contributed by atoms with E-state index in [-0.39, 0.29) is 12.5 Å². The summed E-state index contributed by atoms with van der Waals surface area (Å²) in [6.45, 7) is 7.57. The summed E-state index contributed by atoms with van der Waals surface area (Å²) in [5.41, 5.74) is 0. The molecule has 5 heteroatoms. The lowest BCUT2D eigenvalue weighted by Gasteiger charge is -2.42. The van der Waals surface area contributed by atoms with Gasteiger partial charge in [-0.2, -0.15) is 0 Å². The molecule has 0 bridgehead atoms.